The molecule has 4 nitrogen and oxygen atoms in total. The van der Waals surface area contributed by atoms with E-state index in [2.05, 4.69) is 54.6 Å². The third-order valence-corrected chi connectivity index (χ3v) is 13.5. The second-order valence-electron chi connectivity index (χ2n) is 16.6. The van der Waals surface area contributed by atoms with Crippen LogP contribution in [0.2, 0.25) is 0 Å². The van der Waals surface area contributed by atoms with Crippen LogP contribution in [-0.4, -0.2) is 15.0 Å². The van der Waals surface area contributed by atoms with Crippen molar-refractivity contribution in [2.24, 2.45) is 35.5 Å². The van der Waals surface area contributed by atoms with Crippen molar-refractivity contribution in [3.8, 4) is 40.2 Å². The first-order chi connectivity index (χ1) is 22.5. The average molecular weight is 603 g/mol. The molecule has 8 bridgehead atoms. The molecule has 0 aliphatic heterocycles. The Hall–Kier alpha value is -3.84. The summed E-state index contributed by atoms with van der Waals surface area (Å²) >= 11 is 0. The van der Waals surface area contributed by atoms with Crippen molar-refractivity contribution >= 4 is 0 Å². The zero-order valence-electron chi connectivity index (χ0n) is 26.7. The van der Waals surface area contributed by atoms with E-state index in [-0.39, 0.29) is 0 Å². The van der Waals surface area contributed by atoms with E-state index >= 15 is 0 Å². The second-order valence-corrected chi connectivity index (χ2v) is 16.6. The zero-order chi connectivity index (χ0) is 30.5. The molecule has 4 aromatic rings. The summed E-state index contributed by atoms with van der Waals surface area (Å²) in [5.74, 6) is 7.55. The van der Waals surface area contributed by atoms with Gasteiger partial charge in [0.2, 0.25) is 0 Å². The van der Waals surface area contributed by atoms with Crippen LogP contribution in [0.25, 0.3) is 34.2 Å². The van der Waals surface area contributed by atoms with Gasteiger partial charge < -0.3 is 0 Å². The molecule has 4 heteroatoms. The van der Waals surface area contributed by atoms with Gasteiger partial charge in [0.25, 0.3) is 0 Å². The largest absolute Gasteiger partial charge is 0.208 e. The molecule has 46 heavy (non-hydrogen) atoms. The van der Waals surface area contributed by atoms with Gasteiger partial charge in [0.1, 0.15) is 0 Å². The molecule has 0 spiro atoms. The molecule has 0 saturated heterocycles. The number of hydrogen-bond donors (Lipinski definition) is 0. The van der Waals surface area contributed by atoms with Crippen LogP contribution in [0.15, 0.2) is 72.8 Å². The summed E-state index contributed by atoms with van der Waals surface area (Å²) in [5, 5.41) is 9.63. The highest BCUT2D eigenvalue weighted by atomic mass is 15.0. The lowest BCUT2D eigenvalue weighted by Gasteiger charge is -2.57. The lowest BCUT2D eigenvalue weighted by atomic mass is 9.48. The van der Waals surface area contributed by atoms with Crippen molar-refractivity contribution in [1.82, 2.24) is 15.0 Å². The Bertz CT molecular complexity index is 1810. The van der Waals surface area contributed by atoms with Gasteiger partial charge in [0, 0.05) is 16.7 Å². The zero-order valence-corrected chi connectivity index (χ0v) is 26.7. The quantitative estimate of drug-likeness (QED) is 0.228. The van der Waals surface area contributed by atoms with Gasteiger partial charge in [-0.15, -0.1) is 0 Å². The summed E-state index contributed by atoms with van der Waals surface area (Å²) < 4.78 is 0. The summed E-state index contributed by atoms with van der Waals surface area (Å²) in [5.41, 5.74) is 7.27. The fourth-order valence-electron chi connectivity index (χ4n) is 12.4. The third-order valence-electron chi connectivity index (χ3n) is 13.5. The molecule has 230 valence electrons. The van der Waals surface area contributed by atoms with Gasteiger partial charge in [0.05, 0.1) is 11.6 Å². The molecule has 3 aromatic carbocycles. The molecule has 8 aliphatic carbocycles. The molecule has 0 N–H and O–H groups in total. The van der Waals surface area contributed by atoms with Gasteiger partial charge in [-0.1, -0.05) is 54.6 Å². The highest BCUT2D eigenvalue weighted by molar-refractivity contribution is 5.68. The molecule has 8 aliphatic rings. The molecule has 12 rings (SSSR count). The summed E-state index contributed by atoms with van der Waals surface area (Å²) in [7, 11) is 0. The number of hydrogen-bond acceptors (Lipinski definition) is 4. The van der Waals surface area contributed by atoms with E-state index < -0.39 is 0 Å². The molecule has 8 fully saturated rings. The summed E-state index contributed by atoms with van der Waals surface area (Å²) in [6.07, 6.45) is 16.9. The molecular formula is C42H42N4. The minimum absolute atomic E-state index is 0.317. The monoisotopic (exact) mass is 602 g/mol. The third kappa shape index (κ3) is 4.41. The first kappa shape index (κ1) is 27.3. The van der Waals surface area contributed by atoms with Crippen LogP contribution in [0.4, 0.5) is 0 Å². The number of nitrogens with zero attached hydrogens (tertiary/aromatic N) is 4. The van der Waals surface area contributed by atoms with E-state index in [0.29, 0.717) is 28.0 Å². The number of benzene rings is 3. The van der Waals surface area contributed by atoms with Crippen LogP contribution in [0, 0.1) is 46.8 Å². The fourth-order valence-corrected chi connectivity index (χ4v) is 12.4. The highest BCUT2D eigenvalue weighted by Crippen LogP contribution is 2.62. The Morgan fingerprint density at radius 1 is 0.478 bits per heavy atom. The van der Waals surface area contributed by atoms with Crippen molar-refractivity contribution in [1.29, 1.82) is 5.26 Å². The minimum Gasteiger partial charge on any atom is -0.208 e. The van der Waals surface area contributed by atoms with Crippen LogP contribution < -0.4 is 0 Å². The summed E-state index contributed by atoms with van der Waals surface area (Å²) in [6, 6.07) is 28.4. The van der Waals surface area contributed by atoms with Crippen LogP contribution >= 0.6 is 0 Å². The highest BCUT2D eigenvalue weighted by Gasteiger charge is 2.52. The predicted molar refractivity (Wildman–Crippen MR) is 181 cm³/mol. The summed E-state index contributed by atoms with van der Waals surface area (Å²) in [6.45, 7) is 0. The maximum absolute atomic E-state index is 9.63. The molecular weight excluding hydrogens is 560 g/mol. The van der Waals surface area contributed by atoms with Crippen molar-refractivity contribution in [2.75, 3.05) is 0 Å². The van der Waals surface area contributed by atoms with Crippen molar-refractivity contribution in [3.05, 3.63) is 89.5 Å². The van der Waals surface area contributed by atoms with Crippen molar-refractivity contribution in [3.63, 3.8) is 0 Å². The maximum Gasteiger partial charge on any atom is 0.164 e. The van der Waals surface area contributed by atoms with Crippen molar-refractivity contribution in [2.45, 2.75) is 87.9 Å². The van der Waals surface area contributed by atoms with E-state index in [9.17, 15) is 5.26 Å². The number of aromatic nitrogens is 3. The van der Waals surface area contributed by atoms with Crippen LogP contribution in [0.3, 0.4) is 0 Å². The molecule has 1 heterocycles. The normalized spacial score (nSPS) is 34.9. The molecule has 0 atom stereocenters. The average Bonchev–Trinajstić information content (AvgIpc) is 3.07. The van der Waals surface area contributed by atoms with Crippen molar-refractivity contribution < 1.29 is 0 Å². The first-order valence-corrected chi connectivity index (χ1v) is 18.0. The smallest absolute Gasteiger partial charge is 0.164 e. The Morgan fingerprint density at radius 2 is 0.913 bits per heavy atom. The molecule has 0 amide bonds. The van der Waals surface area contributed by atoms with Gasteiger partial charge in [0.15, 0.2) is 17.5 Å². The van der Waals surface area contributed by atoms with E-state index in [1.165, 1.54) is 88.2 Å². The molecule has 8 saturated carbocycles. The Morgan fingerprint density at radius 3 is 1.41 bits per heavy atom. The van der Waals surface area contributed by atoms with E-state index in [0.717, 1.165) is 58.0 Å². The summed E-state index contributed by atoms with van der Waals surface area (Å²) in [4.78, 5) is 15.3. The fraction of sp³-hybridized carbons (Fsp3) is 0.476. The van der Waals surface area contributed by atoms with Gasteiger partial charge in [-0.2, -0.15) is 5.26 Å². The molecule has 1 aromatic heterocycles. The lowest BCUT2D eigenvalue weighted by Crippen LogP contribution is -2.48. The van der Waals surface area contributed by atoms with E-state index in [1.54, 1.807) is 0 Å². The van der Waals surface area contributed by atoms with E-state index in [4.69, 9.17) is 15.0 Å². The molecule has 0 radical (unpaired) electrons. The van der Waals surface area contributed by atoms with Gasteiger partial charge in [-0.05, 0) is 153 Å². The van der Waals surface area contributed by atoms with Crippen LogP contribution in [0.5, 0.6) is 0 Å². The Kier molecular flexibility index (Phi) is 5.98. The van der Waals surface area contributed by atoms with Crippen LogP contribution in [0.1, 0.15) is 93.7 Å². The molecule has 0 unspecified atom stereocenters. The maximum atomic E-state index is 9.63. The predicted octanol–water partition coefficient (Wildman–Crippen LogP) is 9.68. The van der Waals surface area contributed by atoms with Gasteiger partial charge in [-0.25, -0.2) is 15.0 Å². The van der Waals surface area contributed by atoms with E-state index in [1.807, 2.05) is 24.3 Å². The van der Waals surface area contributed by atoms with Gasteiger partial charge in [-0.3, -0.25) is 0 Å². The minimum atomic E-state index is 0.317. The number of nitriles is 1. The topological polar surface area (TPSA) is 62.5 Å². The van der Waals surface area contributed by atoms with Gasteiger partial charge >= 0.3 is 0 Å². The Balaban J connectivity index is 1.04. The Labute approximate surface area is 272 Å². The second kappa shape index (κ2) is 10.1. The SMILES string of the molecule is N#Cc1cccc(-c2nc(-c3ccc(C45CC6CC(CC(C6)C4)C5)cc3)nc(-c3cccc(C45CC6CC(CC(C6)C4)C5)c3)n2)c1. The lowest BCUT2D eigenvalue weighted by molar-refractivity contribution is -0.00529. The first-order valence-electron chi connectivity index (χ1n) is 18.0. The standard InChI is InChI=1S/C42H42N4/c43-25-26-3-1-4-34(17-26)39-44-38(33-7-9-36(10-8-33)41-19-27-11-28(20-41)13-29(12-27)21-41)45-40(46-39)35-5-2-6-37(18-35)42-22-30-14-31(23-42)16-32(15-30)24-42/h1-10,17-18,27-32H,11-16,19-24H2. The number of rotatable bonds is 5. The van der Waals surface area contributed by atoms with Crippen LogP contribution in [-0.2, 0) is 10.8 Å².